The lowest BCUT2D eigenvalue weighted by molar-refractivity contribution is -0.145. The summed E-state index contributed by atoms with van der Waals surface area (Å²) < 4.78 is 19.5. The molecule has 0 saturated heterocycles. The molecule has 2 aromatic heterocycles. The van der Waals surface area contributed by atoms with Crippen molar-refractivity contribution in [1.82, 2.24) is 9.55 Å². The molecule has 25 heavy (non-hydrogen) atoms. The SMILES string of the molecule is CC(C)COC(=O)Cn1cnc2scc(-c3ccc(F)cc3)c2c1=O. The lowest BCUT2D eigenvalue weighted by Gasteiger charge is -2.08. The third-order valence-corrected chi connectivity index (χ3v) is 4.48. The van der Waals surface area contributed by atoms with Crippen LogP contribution in [0, 0.1) is 11.7 Å². The van der Waals surface area contributed by atoms with E-state index in [2.05, 4.69) is 4.98 Å². The fourth-order valence-electron chi connectivity index (χ4n) is 2.37. The third-order valence-electron chi connectivity index (χ3n) is 3.59. The largest absolute Gasteiger partial charge is 0.464 e. The fourth-order valence-corrected chi connectivity index (χ4v) is 3.27. The first-order valence-electron chi connectivity index (χ1n) is 7.84. The summed E-state index contributed by atoms with van der Waals surface area (Å²) in [6.07, 6.45) is 1.35. The number of esters is 1. The number of nitrogens with zero attached hydrogens (tertiary/aromatic N) is 2. The first-order chi connectivity index (χ1) is 12.0. The van der Waals surface area contributed by atoms with Gasteiger partial charge < -0.3 is 4.74 Å². The second-order valence-corrected chi connectivity index (χ2v) is 6.95. The van der Waals surface area contributed by atoms with Crippen LogP contribution in [-0.4, -0.2) is 22.1 Å². The zero-order valence-corrected chi connectivity index (χ0v) is 14.7. The smallest absolute Gasteiger partial charge is 0.326 e. The molecule has 0 bridgehead atoms. The lowest BCUT2D eigenvalue weighted by atomic mass is 10.1. The van der Waals surface area contributed by atoms with Gasteiger partial charge in [0.05, 0.1) is 18.3 Å². The second-order valence-electron chi connectivity index (χ2n) is 6.09. The minimum atomic E-state index is -0.476. The minimum Gasteiger partial charge on any atom is -0.464 e. The van der Waals surface area contributed by atoms with E-state index in [1.54, 1.807) is 12.1 Å². The van der Waals surface area contributed by atoms with Gasteiger partial charge in [-0.2, -0.15) is 0 Å². The number of carbonyl (C=O) groups excluding carboxylic acids is 1. The van der Waals surface area contributed by atoms with Crippen LogP contribution in [0.4, 0.5) is 4.39 Å². The Morgan fingerprint density at radius 1 is 1.32 bits per heavy atom. The van der Waals surface area contributed by atoms with E-state index in [0.29, 0.717) is 22.4 Å². The van der Waals surface area contributed by atoms with Gasteiger partial charge in [0.2, 0.25) is 0 Å². The van der Waals surface area contributed by atoms with E-state index < -0.39 is 5.97 Å². The van der Waals surface area contributed by atoms with Crippen LogP contribution in [0.2, 0.25) is 0 Å². The molecule has 3 rings (SSSR count). The Kier molecular flexibility index (Phi) is 4.94. The minimum absolute atomic E-state index is 0.187. The van der Waals surface area contributed by atoms with Crippen molar-refractivity contribution >= 4 is 27.5 Å². The molecule has 0 atom stereocenters. The monoisotopic (exact) mass is 360 g/mol. The number of rotatable bonds is 5. The van der Waals surface area contributed by atoms with E-state index in [9.17, 15) is 14.0 Å². The quantitative estimate of drug-likeness (QED) is 0.654. The maximum absolute atomic E-state index is 13.1. The van der Waals surface area contributed by atoms with Crippen molar-refractivity contribution in [3.8, 4) is 11.1 Å². The molecule has 5 nitrogen and oxygen atoms in total. The van der Waals surface area contributed by atoms with Crippen molar-refractivity contribution in [2.24, 2.45) is 5.92 Å². The van der Waals surface area contributed by atoms with E-state index in [4.69, 9.17) is 4.74 Å². The maximum Gasteiger partial charge on any atom is 0.326 e. The van der Waals surface area contributed by atoms with Crippen LogP contribution in [0.3, 0.4) is 0 Å². The van der Waals surface area contributed by atoms with Gasteiger partial charge in [-0.15, -0.1) is 11.3 Å². The molecule has 1 aromatic carbocycles. The van der Waals surface area contributed by atoms with Crippen molar-refractivity contribution in [2.75, 3.05) is 6.61 Å². The van der Waals surface area contributed by atoms with E-state index in [1.165, 1.54) is 34.4 Å². The van der Waals surface area contributed by atoms with Crippen molar-refractivity contribution in [1.29, 1.82) is 0 Å². The Balaban J connectivity index is 1.96. The number of carbonyl (C=O) groups is 1. The Morgan fingerprint density at radius 2 is 2.04 bits per heavy atom. The average Bonchev–Trinajstić information content (AvgIpc) is 3.01. The molecule has 3 aromatic rings. The van der Waals surface area contributed by atoms with Crippen LogP contribution in [0.15, 0.2) is 40.8 Å². The predicted molar refractivity (Wildman–Crippen MR) is 95.1 cm³/mol. The third kappa shape index (κ3) is 3.76. The molecule has 0 N–H and O–H groups in total. The Bertz CT molecular complexity index is 961. The molecule has 0 aliphatic rings. The molecule has 0 aliphatic carbocycles. The first kappa shape index (κ1) is 17.3. The molecule has 2 heterocycles. The molecule has 0 aliphatic heterocycles. The van der Waals surface area contributed by atoms with Gasteiger partial charge >= 0.3 is 5.97 Å². The summed E-state index contributed by atoms with van der Waals surface area (Å²) in [5.74, 6) is -0.592. The van der Waals surface area contributed by atoms with E-state index in [0.717, 1.165) is 5.56 Å². The van der Waals surface area contributed by atoms with Gasteiger partial charge in [0.1, 0.15) is 17.2 Å². The van der Waals surface area contributed by atoms with Crippen LogP contribution < -0.4 is 5.56 Å². The van der Waals surface area contributed by atoms with E-state index >= 15 is 0 Å². The van der Waals surface area contributed by atoms with Crippen LogP contribution in [0.1, 0.15) is 13.8 Å². The number of ether oxygens (including phenoxy) is 1. The van der Waals surface area contributed by atoms with Crippen molar-refractivity contribution < 1.29 is 13.9 Å². The summed E-state index contributed by atoms with van der Waals surface area (Å²) in [6.45, 7) is 4.00. The van der Waals surface area contributed by atoms with E-state index in [-0.39, 0.29) is 23.8 Å². The summed E-state index contributed by atoms with van der Waals surface area (Å²) >= 11 is 1.33. The Hall–Kier alpha value is -2.54. The molecule has 7 heteroatoms. The van der Waals surface area contributed by atoms with Crippen molar-refractivity contribution in [3.05, 3.63) is 52.1 Å². The molecule has 0 radical (unpaired) electrons. The lowest BCUT2D eigenvalue weighted by Crippen LogP contribution is -2.26. The zero-order valence-electron chi connectivity index (χ0n) is 13.9. The number of fused-ring (bicyclic) bond motifs is 1. The average molecular weight is 360 g/mol. The van der Waals surface area contributed by atoms with Gasteiger partial charge in [-0.25, -0.2) is 9.37 Å². The van der Waals surface area contributed by atoms with Crippen LogP contribution in [0.25, 0.3) is 21.3 Å². The normalized spacial score (nSPS) is 11.2. The number of benzene rings is 1. The van der Waals surface area contributed by atoms with Gasteiger partial charge in [-0.1, -0.05) is 26.0 Å². The fraction of sp³-hybridized carbons (Fsp3) is 0.278. The first-order valence-corrected chi connectivity index (χ1v) is 8.72. The summed E-state index contributed by atoms with van der Waals surface area (Å²) in [6, 6.07) is 5.92. The molecule has 0 amide bonds. The summed E-state index contributed by atoms with van der Waals surface area (Å²) in [7, 11) is 0. The molecule has 130 valence electrons. The number of halogens is 1. The summed E-state index contributed by atoms with van der Waals surface area (Å²) in [4.78, 5) is 29.5. The van der Waals surface area contributed by atoms with Crippen molar-refractivity contribution in [2.45, 2.75) is 20.4 Å². The molecular formula is C18H17FN2O3S. The highest BCUT2D eigenvalue weighted by atomic mass is 32.1. The van der Waals surface area contributed by atoms with Gasteiger partial charge in [-0.05, 0) is 23.6 Å². The maximum atomic E-state index is 13.1. The van der Waals surface area contributed by atoms with Gasteiger partial charge in [-0.3, -0.25) is 14.2 Å². The number of thiophene rings is 1. The summed E-state index contributed by atoms with van der Waals surface area (Å²) in [5, 5.41) is 2.24. The zero-order chi connectivity index (χ0) is 18.0. The highest BCUT2D eigenvalue weighted by molar-refractivity contribution is 7.17. The Morgan fingerprint density at radius 3 is 2.72 bits per heavy atom. The van der Waals surface area contributed by atoms with E-state index in [1.807, 2.05) is 19.2 Å². The summed E-state index contributed by atoms with van der Waals surface area (Å²) in [5.41, 5.74) is 1.10. The molecule has 0 unspecified atom stereocenters. The molecule has 0 saturated carbocycles. The van der Waals surface area contributed by atoms with Crippen LogP contribution in [0.5, 0.6) is 0 Å². The van der Waals surface area contributed by atoms with Gasteiger partial charge in [0, 0.05) is 10.9 Å². The van der Waals surface area contributed by atoms with Crippen LogP contribution >= 0.6 is 11.3 Å². The van der Waals surface area contributed by atoms with Crippen LogP contribution in [-0.2, 0) is 16.1 Å². The topological polar surface area (TPSA) is 61.2 Å². The standard InChI is InChI=1S/C18H17FN2O3S/c1-11(2)8-24-15(22)7-21-10-20-17-16(18(21)23)14(9-25-17)12-3-5-13(19)6-4-12/h3-6,9-11H,7-8H2,1-2H3. The number of hydrogen-bond acceptors (Lipinski definition) is 5. The second kappa shape index (κ2) is 7.14. The molecule has 0 fully saturated rings. The molecule has 0 spiro atoms. The highest BCUT2D eigenvalue weighted by Crippen LogP contribution is 2.30. The number of hydrogen-bond donors (Lipinski definition) is 0. The number of aromatic nitrogens is 2. The molecular weight excluding hydrogens is 343 g/mol. The van der Waals surface area contributed by atoms with Gasteiger partial charge in [0.15, 0.2) is 0 Å². The van der Waals surface area contributed by atoms with Crippen molar-refractivity contribution in [3.63, 3.8) is 0 Å². The highest BCUT2D eigenvalue weighted by Gasteiger charge is 2.15. The predicted octanol–water partition coefficient (Wildman–Crippen LogP) is 3.46. The van der Waals surface area contributed by atoms with Gasteiger partial charge in [0.25, 0.3) is 5.56 Å². The Labute approximate surface area is 147 Å².